The Morgan fingerprint density at radius 3 is 2.07 bits per heavy atom. The Labute approximate surface area is 95.0 Å². The maximum Gasteiger partial charge on any atom is 0.525 e. The average Bonchev–Trinajstić information content (AvgIpc) is 2.01. The van der Waals surface area contributed by atoms with Crippen LogP contribution in [0.15, 0.2) is 0 Å². The van der Waals surface area contributed by atoms with Gasteiger partial charge in [-0.2, -0.15) is 8.78 Å². The highest BCUT2D eigenvalue weighted by Gasteiger charge is 2.49. The molecule has 15 heavy (non-hydrogen) atoms. The molecule has 0 aromatic rings. The molecule has 0 fully saturated rings. The Morgan fingerprint density at radius 1 is 1.13 bits per heavy atom. The van der Waals surface area contributed by atoms with Crippen molar-refractivity contribution < 1.29 is 35.8 Å². The van der Waals surface area contributed by atoms with Crippen molar-refractivity contribution in [2.75, 3.05) is 11.0 Å². The van der Waals surface area contributed by atoms with Crippen molar-refractivity contribution in [3.8, 4) is 0 Å². The number of ether oxygens (including phenoxy) is 2. The Balaban J connectivity index is 4.07. The largest absolute Gasteiger partial charge is 0.525 e. The van der Waals surface area contributed by atoms with Crippen molar-refractivity contribution >= 4 is 22.6 Å². The molecular weight excluding hydrogens is 345 g/mol. The first-order valence-corrected chi connectivity index (χ1v) is 5.18. The molecule has 1 atom stereocenters. The van der Waals surface area contributed by atoms with Gasteiger partial charge in [0, 0.05) is 4.43 Å². The number of alkyl halides is 7. The Morgan fingerprint density at radius 2 is 1.67 bits per heavy atom. The molecule has 0 bridgehead atoms. The molecule has 0 aromatic carbocycles. The summed E-state index contributed by atoms with van der Waals surface area (Å²) in [6.45, 7) is -0.544. The van der Waals surface area contributed by atoms with Crippen LogP contribution in [0.5, 0.6) is 0 Å². The fraction of sp³-hybridized carbons (Fsp3) is 1.00. The summed E-state index contributed by atoms with van der Waals surface area (Å²) in [5.74, 6) is 0. The lowest BCUT2D eigenvalue weighted by molar-refractivity contribution is -0.423. The zero-order valence-electron chi connectivity index (χ0n) is 7.16. The van der Waals surface area contributed by atoms with Crippen LogP contribution in [0, 0.1) is 0 Å². The lowest BCUT2D eigenvalue weighted by Gasteiger charge is -2.21. The smallest absolute Gasteiger partial charge is 0.316 e. The highest BCUT2D eigenvalue weighted by atomic mass is 127. The van der Waals surface area contributed by atoms with E-state index in [9.17, 15) is 26.3 Å². The zero-order chi connectivity index (χ0) is 12.1. The molecule has 0 spiro atoms. The second-order valence-electron chi connectivity index (χ2n) is 2.33. The molecular formula is C6H7F6IO2. The molecule has 0 heterocycles. The molecule has 0 aliphatic carbocycles. The molecule has 0 amide bonds. The van der Waals surface area contributed by atoms with Crippen LogP contribution in [-0.2, 0) is 9.47 Å². The van der Waals surface area contributed by atoms with Gasteiger partial charge in [-0.05, 0) is 6.42 Å². The summed E-state index contributed by atoms with van der Waals surface area (Å²) in [5.41, 5.74) is 0. The van der Waals surface area contributed by atoms with E-state index in [1.807, 2.05) is 22.6 Å². The summed E-state index contributed by atoms with van der Waals surface area (Å²) < 4.78 is 77.9. The van der Waals surface area contributed by atoms with Crippen molar-refractivity contribution in [1.29, 1.82) is 0 Å². The lowest BCUT2D eigenvalue weighted by atomic mass is 10.5. The third-order valence-corrected chi connectivity index (χ3v) is 1.84. The van der Waals surface area contributed by atoms with Crippen LogP contribution < -0.4 is 0 Å². The quantitative estimate of drug-likeness (QED) is 0.316. The molecule has 0 aliphatic rings. The van der Waals surface area contributed by atoms with Gasteiger partial charge in [0.25, 0.3) is 6.36 Å². The summed E-state index contributed by atoms with van der Waals surface area (Å²) in [5, 5.41) is 0. The summed E-state index contributed by atoms with van der Waals surface area (Å²) in [6.07, 6.45) is -13.7. The van der Waals surface area contributed by atoms with E-state index in [1.54, 1.807) is 0 Å². The van der Waals surface area contributed by atoms with Gasteiger partial charge in [0.2, 0.25) is 0 Å². The Bertz CT molecular complexity index is 185. The van der Waals surface area contributed by atoms with E-state index in [0.29, 0.717) is 4.43 Å². The highest BCUT2D eigenvalue weighted by molar-refractivity contribution is 14.1. The van der Waals surface area contributed by atoms with Crippen molar-refractivity contribution in [3.05, 3.63) is 0 Å². The summed E-state index contributed by atoms with van der Waals surface area (Å²) >= 11 is 1.85. The molecule has 0 radical (unpaired) electrons. The zero-order valence-corrected chi connectivity index (χ0v) is 9.32. The van der Waals surface area contributed by atoms with Crippen LogP contribution in [0.2, 0.25) is 0 Å². The van der Waals surface area contributed by atoms with Crippen molar-refractivity contribution in [1.82, 2.24) is 0 Å². The van der Waals surface area contributed by atoms with Gasteiger partial charge in [-0.3, -0.25) is 0 Å². The summed E-state index contributed by atoms with van der Waals surface area (Å²) in [4.78, 5) is 0. The van der Waals surface area contributed by atoms with Gasteiger partial charge in [0.15, 0.2) is 0 Å². The van der Waals surface area contributed by atoms with Crippen molar-refractivity contribution in [2.45, 2.75) is 25.2 Å². The van der Waals surface area contributed by atoms with E-state index in [0.717, 1.165) is 0 Å². The van der Waals surface area contributed by atoms with Crippen LogP contribution >= 0.6 is 22.6 Å². The number of hydrogen-bond acceptors (Lipinski definition) is 2. The average molecular weight is 352 g/mol. The number of hydrogen-bond donors (Lipinski definition) is 0. The number of halogens is 7. The third kappa shape index (κ3) is 7.17. The van der Waals surface area contributed by atoms with E-state index in [1.165, 1.54) is 0 Å². The molecule has 0 N–H and O–H groups in total. The fourth-order valence-electron chi connectivity index (χ4n) is 0.514. The Hall–Kier alpha value is 0.230. The number of rotatable bonds is 6. The normalized spacial score (nSPS) is 15.4. The van der Waals surface area contributed by atoms with E-state index in [2.05, 4.69) is 9.47 Å². The van der Waals surface area contributed by atoms with Crippen LogP contribution in [0.25, 0.3) is 0 Å². The van der Waals surface area contributed by atoms with Crippen LogP contribution in [-0.4, -0.2) is 29.9 Å². The van der Waals surface area contributed by atoms with Crippen LogP contribution in [0.3, 0.4) is 0 Å². The maximum atomic E-state index is 12.4. The van der Waals surface area contributed by atoms with Gasteiger partial charge >= 0.3 is 12.5 Å². The van der Waals surface area contributed by atoms with E-state index in [-0.39, 0.29) is 6.42 Å². The molecule has 0 saturated heterocycles. The minimum Gasteiger partial charge on any atom is -0.316 e. The van der Waals surface area contributed by atoms with Gasteiger partial charge in [-0.1, -0.05) is 22.6 Å². The lowest BCUT2D eigenvalue weighted by Crippen LogP contribution is -2.39. The molecule has 0 aliphatic heterocycles. The van der Waals surface area contributed by atoms with E-state index >= 15 is 0 Å². The highest BCUT2D eigenvalue weighted by Crippen LogP contribution is 2.30. The molecule has 2 nitrogen and oxygen atoms in total. The fourth-order valence-corrected chi connectivity index (χ4v) is 0.826. The van der Waals surface area contributed by atoms with Gasteiger partial charge in [0.1, 0.15) is 0 Å². The molecule has 92 valence electrons. The molecule has 1 unspecified atom stereocenters. The van der Waals surface area contributed by atoms with Crippen molar-refractivity contribution in [3.63, 3.8) is 0 Å². The van der Waals surface area contributed by atoms with Gasteiger partial charge in [0.05, 0.1) is 6.61 Å². The summed E-state index contributed by atoms with van der Waals surface area (Å²) in [7, 11) is 0. The summed E-state index contributed by atoms with van der Waals surface area (Å²) in [6, 6.07) is 0. The van der Waals surface area contributed by atoms with Gasteiger partial charge in [-0.15, -0.1) is 13.2 Å². The maximum absolute atomic E-state index is 12.4. The Kier molecular flexibility index (Phi) is 6.18. The molecule has 0 saturated carbocycles. The first-order valence-electron chi connectivity index (χ1n) is 3.65. The van der Waals surface area contributed by atoms with E-state index < -0.39 is 25.4 Å². The minimum absolute atomic E-state index is 0.175. The standard InChI is InChI=1S/C6H7F6IO2/c7-4(15-6(10,11)12)5(8,9)14-3-1-2-13/h4H,1-3H2. The van der Waals surface area contributed by atoms with E-state index in [4.69, 9.17) is 0 Å². The van der Waals surface area contributed by atoms with Crippen LogP contribution in [0.1, 0.15) is 6.42 Å². The predicted molar refractivity (Wildman–Crippen MR) is 46.4 cm³/mol. The van der Waals surface area contributed by atoms with Gasteiger partial charge in [-0.25, -0.2) is 9.13 Å². The topological polar surface area (TPSA) is 18.5 Å². The first-order chi connectivity index (χ1) is 6.69. The minimum atomic E-state index is -5.46. The second kappa shape index (κ2) is 6.09. The monoisotopic (exact) mass is 352 g/mol. The molecule has 0 rings (SSSR count). The molecule has 0 aromatic heterocycles. The SMILES string of the molecule is FC(OC(F)(F)F)C(F)(F)OCCCI. The van der Waals surface area contributed by atoms with Crippen LogP contribution in [0.4, 0.5) is 26.3 Å². The molecule has 9 heteroatoms. The second-order valence-corrected chi connectivity index (χ2v) is 3.41. The van der Waals surface area contributed by atoms with Crippen molar-refractivity contribution in [2.24, 2.45) is 0 Å². The predicted octanol–water partition coefficient (Wildman–Crippen LogP) is 3.25. The first kappa shape index (κ1) is 15.2. The third-order valence-electron chi connectivity index (χ3n) is 1.07. The van der Waals surface area contributed by atoms with Gasteiger partial charge < -0.3 is 4.74 Å².